The van der Waals surface area contributed by atoms with Crippen molar-refractivity contribution in [2.45, 2.75) is 57.6 Å². The highest BCUT2D eigenvalue weighted by molar-refractivity contribution is 7.15. The van der Waals surface area contributed by atoms with E-state index >= 15 is 0 Å². The van der Waals surface area contributed by atoms with E-state index in [1.807, 2.05) is 18.4 Å². The van der Waals surface area contributed by atoms with Crippen LogP contribution in [-0.2, 0) is 11.3 Å². The van der Waals surface area contributed by atoms with Gasteiger partial charge in [0, 0.05) is 37.5 Å². The lowest BCUT2D eigenvalue weighted by Gasteiger charge is -2.39. The molecule has 1 aliphatic carbocycles. The summed E-state index contributed by atoms with van der Waals surface area (Å²) in [6.45, 7) is 8.43. The van der Waals surface area contributed by atoms with Crippen LogP contribution in [0, 0.1) is 0 Å². The quantitative estimate of drug-likeness (QED) is 0.876. The number of thiazole rings is 1. The van der Waals surface area contributed by atoms with E-state index in [-0.39, 0.29) is 5.60 Å². The van der Waals surface area contributed by atoms with Crippen molar-refractivity contribution in [2.75, 3.05) is 31.6 Å². The summed E-state index contributed by atoms with van der Waals surface area (Å²) in [6.07, 6.45) is 4.96. The number of nitrogens with one attached hydrogen (secondary N) is 1. The zero-order valence-electron chi connectivity index (χ0n) is 13.4. The molecule has 0 aromatic carbocycles. The third kappa shape index (κ3) is 3.41. The number of ether oxygens (including phenoxy) is 1. The zero-order chi connectivity index (χ0) is 14.9. The Morgan fingerprint density at radius 3 is 2.95 bits per heavy atom. The molecule has 0 radical (unpaired) electrons. The molecular formula is C16H27N3OS. The van der Waals surface area contributed by atoms with Crippen LogP contribution in [0.4, 0.5) is 5.13 Å². The minimum Gasteiger partial charge on any atom is -0.377 e. The van der Waals surface area contributed by atoms with Gasteiger partial charge in [-0.2, -0.15) is 0 Å². The molecule has 21 heavy (non-hydrogen) atoms. The molecule has 3 rings (SSSR count). The minimum atomic E-state index is -0.0223. The maximum absolute atomic E-state index is 5.71. The number of aromatic nitrogens is 1. The predicted molar refractivity (Wildman–Crippen MR) is 88.3 cm³/mol. The molecule has 2 aliphatic rings. The molecule has 0 amide bonds. The molecule has 2 fully saturated rings. The van der Waals surface area contributed by atoms with Crippen molar-refractivity contribution in [3.05, 3.63) is 10.6 Å². The average Bonchev–Trinajstić information content (AvgIpc) is 3.25. The Kier molecular flexibility index (Phi) is 4.52. The first kappa shape index (κ1) is 15.3. The Morgan fingerprint density at radius 1 is 1.48 bits per heavy atom. The molecule has 1 saturated heterocycles. The maximum atomic E-state index is 5.71. The van der Waals surface area contributed by atoms with Crippen LogP contribution < -0.4 is 10.2 Å². The SMILES string of the molecule is CCNCc1sc(N2CCCC(C)(OC)C2)nc1C1CC1. The van der Waals surface area contributed by atoms with Crippen molar-refractivity contribution < 1.29 is 4.74 Å². The first-order chi connectivity index (χ1) is 10.1. The molecule has 4 nitrogen and oxygen atoms in total. The van der Waals surface area contributed by atoms with Crippen molar-refractivity contribution in [3.8, 4) is 0 Å². The van der Waals surface area contributed by atoms with Crippen LogP contribution in [-0.4, -0.2) is 37.3 Å². The first-order valence-corrected chi connectivity index (χ1v) is 8.97. The molecule has 1 unspecified atom stereocenters. The fourth-order valence-electron chi connectivity index (χ4n) is 3.06. The van der Waals surface area contributed by atoms with Gasteiger partial charge >= 0.3 is 0 Å². The van der Waals surface area contributed by atoms with E-state index in [0.717, 1.165) is 38.5 Å². The van der Waals surface area contributed by atoms with Crippen molar-refractivity contribution in [3.63, 3.8) is 0 Å². The van der Waals surface area contributed by atoms with Gasteiger partial charge in [0.1, 0.15) is 0 Å². The van der Waals surface area contributed by atoms with E-state index in [1.54, 1.807) is 0 Å². The monoisotopic (exact) mass is 309 g/mol. The standard InChI is InChI=1S/C16H27N3OS/c1-4-17-10-13-14(12-6-7-12)18-15(21-13)19-9-5-8-16(2,11-19)20-3/h12,17H,4-11H2,1-3H3. The van der Waals surface area contributed by atoms with Crippen LogP contribution in [0.1, 0.15) is 56.0 Å². The van der Waals surface area contributed by atoms with Gasteiger partial charge in [-0.1, -0.05) is 6.92 Å². The van der Waals surface area contributed by atoms with Crippen LogP contribution in [0.5, 0.6) is 0 Å². The molecule has 1 saturated carbocycles. The highest BCUT2D eigenvalue weighted by Gasteiger charge is 2.34. The Hall–Kier alpha value is -0.650. The Labute approximate surface area is 131 Å². The van der Waals surface area contributed by atoms with Crippen LogP contribution >= 0.6 is 11.3 Å². The summed E-state index contributed by atoms with van der Waals surface area (Å²) in [5.74, 6) is 0.724. The van der Waals surface area contributed by atoms with E-state index in [9.17, 15) is 0 Å². The number of methoxy groups -OCH3 is 1. The Bertz CT molecular complexity index is 486. The van der Waals surface area contributed by atoms with Crippen molar-refractivity contribution in [2.24, 2.45) is 0 Å². The van der Waals surface area contributed by atoms with Gasteiger partial charge in [0.15, 0.2) is 5.13 Å². The molecule has 1 N–H and O–H groups in total. The summed E-state index contributed by atoms with van der Waals surface area (Å²) in [6, 6.07) is 0. The lowest BCUT2D eigenvalue weighted by Crippen LogP contribution is -2.47. The molecule has 1 aliphatic heterocycles. The number of hydrogen-bond acceptors (Lipinski definition) is 5. The van der Waals surface area contributed by atoms with Gasteiger partial charge in [-0.3, -0.25) is 0 Å². The molecule has 118 valence electrons. The lowest BCUT2D eigenvalue weighted by atomic mass is 9.95. The third-order valence-electron chi connectivity index (χ3n) is 4.64. The lowest BCUT2D eigenvalue weighted by molar-refractivity contribution is -0.00466. The normalized spacial score (nSPS) is 26.3. The predicted octanol–water partition coefficient (Wildman–Crippen LogP) is 3.14. The van der Waals surface area contributed by atoms with E-state index in [4.69, 9.17) is 9.72 Å². The van der Waals surface area contributed by atoms with Gasteiger partial charge in [-0.25, -0.2) is 4.98 Å². The number of rotatable bonds is 6. The topological polar surface area (TPSA) is 37.4 Å². The van der Waals surface area contributed by atoms with Crippen LogP contribution in [0.25, 0.3) is 0 Å². The largest absolute Gasteiger partial charge is 0.377 e. The molecular weight excluding hydrogens is 282 g/mol. The number of anilines is 1. The average molecular weight is 309 g/mol. The number of hydrogen-bond donors (Lipinski definition) is 1. The molecule has 1 atom stereocenters. The molecule has 2 heterocycles. The Balaban J connectivity index is 1.78. The second-order valence-electron chi connectivity index (χ2n) is 6.54. The fourth-order valence-corrected chi connectivity index (χ4v) is 4.20. The first-order valence-electron chi connectivity index (χ1n) is 8.15. The second kappa shape index (κ2) is 6.23. The summed E-state index contributed by atoms with van der Waals surface area (Å²) in [7, 11) is 1.83. The second-order valence-corrected chi connectivity index (χ2v) is 7.60. The van der Waals surface area contributed by atoms with Gasteiger partial charge in [0.2, 0.25) is 0 Å². The smallest absolute Gasteiger partial charge is 0.185 e. The highest BCUT2D eigenvalue weighted by Crippen LogP contribution is 2.44. The third-order valence-corrected chi connectivity index (χ3v) is 5.77. The molecule has 5 heteroatoms. The Morgan fingerprint density at radius 2 is 2.29 bits per heavy atom. The number of piperidine rings is 1. The molecule has 1 aromatic heterocycles. The van der Waals surface area contributed by atoms with Crippen LogP contribution in [0.3, 0.4) is 0 Å². The van der Waals surface area contributed by atoms with E-state index < -0.39 is 0 Å². The molecule has 1 aromatic rings. The van der Waals surface area contributed by atoms with Gasteiger partial charge in [-0.15, -0.1) is 11.3 Å². The van der Waals surface area contributed by atoms with Crippen molar-refractivity contribution in [1.29, 1.82) is 0 Å². The summed E-state index contributed by atoms with van der Waals surface area (Å²) in [4.78, 5) is 8.87. The van der Waals surface area contributed by atoms with E-state index in [1.165, 1.54) is 35.0 Å². The van der Waals surface area contributed by atoms with Gasteiger partial charge in [0.25, 0.3) is 0 Å². The molecule has 0 bridgehead atoms. The van der Waals surface area contributed by atoms with Gasteiger partial charge in [0.05, 0.1) is 11.3 Å². The molecule has 0 spiro atoms. The summed E-state index contributed by atoms with van der Waals surface area (Å²) < 4.78 is 5.71. The van der Waals surface area contributed by atoms with Gasteiger partial charge in [-0.05, 0) is 39.2 Å². The van der Waals surface area contributed by atoms with Crippen molar-refractivity contribution >= 4 is 16.5 Å². The summed E-state index contributed by atoms with van der Waals surface area (Å²) in [5.41, 5.74) is 1.34. The van der Waals surface area contributed by atoms with E-state index in [0.29, 0.717) is 0 Å². The minimum absolute atomic E-state index is 0.0223. The van der Waals surface area contributed by atoms with Crippen LogP contribution in [0.15, 0.2) is 0 Å². The summed E-state index contributed by atoms with van der Waals surface area (Å²) >= 11 is 1.88. The van der Waals surface area contributed by atoms with Crippen LogP contribution in [0.2, 0.25) is 0 Å². The fraction of sp³-hybridized carbons (Fsp3) is 0.812. The number of nitrogens with zero attached hydrogens (tertiary/aromatic N) is 2. The maximum Gasteiger partial charge on any atom is 0.185 e. The zero-order valence-corrected chi connectivity index (χ0v) is 14.3. The summed E-state index contributed by atoms with van der Waals surface area (Å²) in [5, 5.41) is 4.66. The van der Waals surface area contributed by atoms with Crippen molar-refractivity contribution in [1.82, 2.24) is 10.3 Å². The van der Waals surface area contributed by atoms with Gasteiger partial charge < -0.3 is 15.0 Å². The highest BCUT2D eigenvalue weighted by atomic mass is 32.1. The van der Waals surface area contributed by atoms with E-state index in [2.05, 4.69) is 24.1 Å².